The summed E-state index contributed by atoms with van der Waals surface area (Å²) >= 11 is 0. The van der Waals surface area contributed by atoms with E-state index in [9.17, 15) is 14.7 Å². The maximum absolute atomic E-state index is 12.8. The number of piperidine rings is 1. The summed E-state index contributed by atoms with van der Waals surface area (Å²) in [6.07, 6.45) is 5.89. The standard InChI is InChI=1S/C24H28N2O4/c1-16-13-21(16)22-7-5-20(30-22)6-8-23(28)25-19-4-2-3-18(14-19)24(29)26-11-9-17(15-27)10-12-26/h2-8,14,16-17,21,27H,9-13,15H2,1H3,(H,25,28). The third-order valence-electron chi connectivity index (χ3n) is 6.06. The van der Waals surface area contributed by atoms with Crippen molar-refractivity contribution in [1.82, 2.24) is 4.90 Å². The van der Waals surface area contributed by atoms with Gasteiger partial charge in [-0.2, -0.15) is 0 Å². The molecule has 30 heavy (non-hydrogen) atoms. The van der Waals surface area contributed by atoms with Crippen LogP contribution < -0.4 is 5.32 Å². The number of carbonyl (C=O) groups is 2. The van der Waals surface area contributed by atoms with Crippen molar-refractivity contribution in [2.45, 2.75) is 32.1 Å². The summed E-state index contributed by atoms with van der Waals surface area (Å²) in [5.41, 5.74) is 1.13. The van der Waals surface area contributed by atoms with E-state index in [0.717, 1.165) is 25.0 Å². The van der Waals surface area contributed by atoms with Gasteiger partial charge in [0.25, 0.3) is 5.91 Å². The number of hydrogen-bond acceptors (Lipinski definition) is 4. The van der Waals surface area contributed by atoms with Crippen LogP contribution in [-0.4, -0.2) is 41.5 Å². The SMILES string of the molecule is CC1CC1c1ccc(C=CC(=O)Nc2cccc(C(=O)N3CCC(CO)CC3)c2)o1. The van der Waals surface area contributed by atoms with Crippen molar-refractivity contribution in [3.63, 3.8) is 0 Å². The monoisotopic (exact) mass is 408 g/mol. The molecule has 1 aliphatic carbocycles. The molecule has 2 unspecified atom stereocenters. The zero-order chi connectivity index (χ0) is 21.1. The number of aliphatic hydroxyl groups excluding tert-OH is 1. The minimum absolute atomic E-state index is 0.0459. The lowest BCUT2D eigenvalue weighted by Crippen LogP contribution is -2.39. The van der Waals surface area contributed by atoms with Gasteiger partial charge in [-0.25, -0.2) is 0 Å². The number of carbonyl (C=O) groups excluding carboxylic acids is 2. The van der Waals surface area contributed by atoms with Crippen LogP contribution in [0.5, 0.6) is 0 Å². The van der Waals surface area contributed by atoms with E-state index in [1.165, 1.54) is 6.08 Å². The minimum Gasteiger partial charge on any atom is -0.461 e. The molecule has 158 valence electrons. The molecule has 2 amide bonds. The van der Waals surface area contributed by atoms with E-state index in [4.69, 9.17) is 4.42 Å². The largest absolute Gasteiger partial charge is 0.461 e. The summed E-state index contributed by atoms with van der Waals surface area (Å²) in [6.45, 7) is 3.67. The smallest absolute Gasteiger partial charge is 0.253 e. The van der Waals surface area contributed by atoms with E-state index < -0.39 is 0 Å². The predicted octanol–water partition coefficient (Wildman–Crippen LogP) is 3.90. The Kier molecular flexibility index (Phi) is 6.04. The summed E-state index contributed by atoms with van der Waals surface area (Å²) in [4.78, 5) is 26.8. The van der Waals surface area contributed by atoms with Gasteiger partial charge in [0, 0.05) is 42.9 Å². The summed E-state index contributed by atoms with van der Waals surface area (Å²) in [7, 11) is 0. The summed E-state index contributed by atoms with van der Waals surface area (Å²) in [5.74, 6) is 2.79. The number of rotatable bonds is 6. The first-order valence-electron chi connectivity index (χ1n) is 10.6. The zero-order valence-corrected chi connectivity index (χ0v) is 17.2. The minimum atomic E-state index is -0.277. The van der Waals surface area contributed by atoms with Crippen molar-refractivity contribution in [1.29, 1.82) is 0 Å². The number of nitrogens with zero attached hydrogens (tertiary/aromatic N) is 1. The highest BCUT2D eigenvalue weighted by molar-refractivity contribution is 6.03. The third-order valence-corrected chi connectivity index (χ3v) is 6.06. The fourth-order valence-corrected chi connectivity index (χ4v) is 3.95. The van der Waals surface area contributed by atoms with Crippen LogP contribution in [0.1, 0.15) is 54.0 Å². The highest BCUT2D eigenvalue weighted by Crippen LogP contribution is 2.47. The molecule has 1 saturated heterocycles. The molecule has 0 radical (unpaired) electrons. The van der Waals surface area contributed by atoms with Gasteiger partial charge in [-0.05, 0) is 67.5 Å². The highest BCUT2D eigenvalue weighted by atomic mass is 16.3. The molecule has 4 rings (SSSR count). The summed E-state index contributed by atoms with van der Waals surface area (Å²) < 4.78 is 5.78. The van der Waals surface area contributed by atoms with Crippen molar-refractivity contribution in [3.8, 4) is 0 Å². The van der Waals surface area contributed by atoms with Crippen molar-refractivity contribution < 1.29 is 19.1 Å². The Morgan fingerprint density at radius 1 is 1.23 bits per heavy atom. The molecule has 1 saturated carbocycles. The maximum Gasteiger partial charge on any atom is 0.253 e. The quantitative estimate of drug-likeness (QED) is 0.710. The van der Waals surface area contributed by atoms with Crippen LogP contribution in [0.4, 0.5) is 5.69 Å². The molecule has 1 aromatic carbocycles. The molecule has 2 aromatic rings. The summed E-state index contributed by atoms with van der Waals surface area (Å²) in [5, 5.41) is 12.1. The fraction of sp³-hybridized carbons (Fsp3) is 0.417. The molecule has 2 N–H and O–H groups in total. The number of nitrogens with one attached hydrogen (secondary N) is 1. The van der Waals surface area contributed by atoms with Gasteiger partial charge in [-0.3, -0.25) is 9.59 Å². The second-order valence-electron chi connectivity index (χ2n) is 8.38. The van der Waals surface area contributed by atoms with E-state index in [1.807, 2.05) is 17.0 Å². The average molecular weight is 408 g/mol. The third kappa shape index (κ3) is 4.82. The van der Waals surface area contributed by atoms with Gasteiger partial charge in [0.1, 0.15) is 11.5 Å². The van der Waals surface area contributed by atoms with E-state index in [0.29, 0.717) is 41.9 Å². The molecule has 2 heterocycles. The number of benzene rings is 1. The Hall–Kier alpha value is -2.86. The second kappa shape index (κ2) is 8.88. The maximum atomic E-state index is 12.8. The van der Waals surface area contributed by atoms with Crippen LogP contribution in [0.3, 0.4) is 0 Å². The fourth-order valence-electron chi connectivity index (χ4n) is 3.95. The molecule has 1 aliphatic heterocycles. The Morgan fingerprint density at radius 3 is 2.70 bits per heavy atom. The average Bonchev–Trinajstić information content (AvgIpc) is 3.31. The Labute approximate surface area is 176 Å². The number of anilines is 1. The lowest BCUT2D eigenvalue weighted by atomic mass is 9.97. The topological polar surface area (TPSA) is 82.8 Å². The molecular formula is C24H28N2O4. The Balaban J connectivity index is 1.34. The van der Waals surface area contributed by atoms with E-state index in [-0.39, 0.29) is 24.3 Å². The van der Waals surface area contributed by atoms with Gasteiger partial charge in [-0.15, -0.1) is 0 Å². The van der Waals surface area contributed by atoms with Gasteiger partial charge < -0.3 is 19.7 Å². The van der Waals surface area contributed by atoms with Crippen LogP contribution in [0.15, 0.2) is 46.9 Å². The number of amides is 2. The Bertz CT molecular complexity index is 940. The van der Waals surface area contributed by atoms with Crippen LogP contribution in [0.25, 0.3) is 6.08 Å². The normalized spacial score (nSPS) is 21.7. The molecule has 2 aliphatic rings. The zero-order valence-electron chi connectivity index (χ0n) is 17.2. The van der Waals surface area contributed by atoms with Crippen molar-refractivity contribution in [2.75, 3.05) is 25.0 Å². The van der Waals surface area contributed by atoms with Crippen LogP contribution in [0.2, 0.25) is 0 Å². The molecule has 0 spiro atoms. The van der Waals surface area contributed by atoms with Crippen LogP contribution >= 0.6 is 0 Å². The van der Waals surface area contributed by atoms with Gasteiger partial charge in [0.2, 0.25) is 5.91 Å². The number of likely N-dealkylation sites (tertiary alicyclic amines) is 1. The van der Waals surface area contributed by atoms with Gasteiger partial charge >= 0.3 is 0 Å². The first kappa shape index (κ1) is 20.4. The predicted molar refractivity (Wildman–Crippen MR) is 115 cm³/mol. The van der Waals surface area contributed by atoms with Gasteiger partial charge in [0.15, 0.2) is 0 Å². The first-order valence-corrected chi connectivity index (χ1v) is 10.6. The van der Waals surface area contributed by atoms with Crippen molar-refractivity contribution in [2.24, 2.45) is 11.8 Å². The van der Waals surface area contributed by atoms with Gasteiger partial charge in [-0.1, -0.05) is 13.0 Å². The number of aliphatic hydroxyl groups is 1. The van der Waals surface area contributed by atoms with Crippen LogP contribution in [0, 0.1) is 11.8 Å². The van der Waals surface area contributed by atoms with Crippen molar-refractivity contribution >= 4 is 23.6 Å². The molecule has 6 nitrogen and oxygen atoms in total. The number of hydrogen-bond donors (Lipinski definition) is 2. The molecule has 2 fully saturated rings. The Morgan fingerprint density at radius 2 is 2.00 bits per heavy atom. The molecular weight excluding hydrogens is 380 g/mol. The van der Waals surface area contributed by atoms with Crippen molar-refractivity contribution in [3.05, 3.63) is 59.6 Å². The number of furan rings is 1. The van der Waals surface area contributed by atoms with E-state index in [1.54, 1.807) is 30.3 Å². The molecule has 6 heteroatoms. The lowest BCUT2D eigenvalue weighted by Gasteiger charge is -2.31. The highest BCUT2D eigenvalue weighted by Gasteiger charge is 2.36. The second-order valence-corrected chi connectivity index (χ2v) is 8.38. The summed E-state index contributed by atoms with van der Waals surface area (Å²) in [6, 6.07) is 10.8. The first-order chi connectivity index (χ1) is 14.5. The molecule has 0 bridgehead atoms. The molecule has 1 aromatic heterocycles. The van der Waals surface area contributed by atoms with Gasteiger partial charge in [0.05, 0.1) is 0 Å². The van der Waals surface area contributed by atoms with Crippen LogP contribution in [-0.2, 0) is 4.79 Å². The lowest BCUT2D eigenvalue weighted by molar-refractivity contribution is -0.111. The van der Waals surface area contributed by atoms with E-state index >= 15 is 0 Å². The van der Waals surface area contributed by atoms with E-state index in [2.05, 4.69) is 12.2 Å². The molecule has 2 atom stereocenters.